The summed E-state index contributed by atoms with van der Waals surface area (Å²) in [6.45, 7) is 5.00. The number of aromatic nitrogens is 1. The van der Waals surface area contributed by atoms with Gasteiger partial charge in [0.05, 0.1) is 0 Å². The van der Waals surface area contributed by atoms with Crippen molar-refractivity contribution in [2.45, 2.75) is 20.3 Å². The van der Waals surface area contributed by atoms with Gasteiger partial charge in [-0.05, 0) is 73.0 Å². The number of anilines is 3. The molecule has 1 aliphatic heterocycles. The van der Waals surface area contributed by atoms with Gasteiger partial charge in [-0.1, -0.05) is 31.2 Å². The maximum absolute atomic E-state index is 13.4. The standard InChI is InChI=1S/C30H31N5O3/c1-4-26-27(22-11-13-24(14-12-22)33(3)21(2)8-5-6-19-36)15-16-32-29(26)35-18-17-34(30(35)38)25-10-7-9-23(20-25)28(31)37/h5-16,19-20H,4,17-18H2,1-3H3,(H2,31,37)/b6-5-,21-8-. The van der Waals surface area contributed by atoms with E-state index in [-0.39, 0.29) is 6.03 Å². The fourth-order valence-corrected chi connectivity index (χ4v) is 4.55. The van der Waals surface area contributed by atoms with E-state index in [1.165, 1.54) is 6.08 Å². The van der Waals surface area contributed by atoms with E-state index < -0.39 is 5.91 Å². The number of nitrogens with zero attached hydrogens (tertiary/aromatic N) is 4. The van der Waals surface area contributed by atoms with Crippen molar-refractivity contribution in [1.29, 1.82) is 0 Å². The van der Waals surface area contributed by atoms with Gasteiger partial charge in [0.2, 0.25) is 5.91 Å². The summed E-state index contributed by atoms with van der Waals surface area (Å²) in [6.07, 6.45) is 8.24. The second kappa shape index (κ2) is 11.6. The first-order chi connectivity index (χ1) is 18.3. The van der Waals surface area contributed by atoms with Crippen molar-refractivity contribution in [1.82, 2.24) is 4.98 Å². The number of hydrogen-bond acceptors (Lipinski definition) is 5. The van der Waals surface area contributed by atoms with Crippen molar-refractivity contribution in [2.24, 2.45) is 5.73 Å². The molecule has 0 atom stereocenters. The number of urea groups is 1. The zero-order valence-corrected chi connectivity index (χ0v) is 21.8. The van der Waals surface area contributed by atoms with E-state index in [0.717, 1.165) is 34.4 Å². The monoisotopic (exact) mass is 509 g/mol. The van der Waals surface area contributed by atoms with Gasteiger partial charge in [0.1, 0.15) is 12.1 Å². The van der Waals surface area contributed by atoms with Crippen LogP contribution in [0.5, 0.6) is 0 Å². The SMILES string of the molecule is CCc1c(-c2ccc(N(C)/C(C)=C\C=C/C=O)cc2)ccnc1N1CCN(c2cccc(C(N)=O)c2)C1=O. The Labute approximate surface area is 222 Å². The average molecular weight is 510 g/mol. The number of benzene rings is 2. The van der Waals surface area contributed by atoms with Crippen LogP contribution in [0.4, 0.5) is 22.0 Å². The first-order valence-corrected chi connectivity index (χ1v) is 12.4. The Morgan fingerprint density at radius 3 is 2.50 bits per heavy atom. The molecule has 1 aliphatic rings. The summed E-state index contributed by atoms with van der Waals surface area (Å²) >= 11 is 0. The quantitative estimate of drug-likeness (QED) is 0.250. The predicted octanol–water partition coefficient (Wildman–Crippen LogP) is 4.95. The van der Waals surface area contributed by atoms with Crippen LogP contribution in [0, 0.1) is 0 Å². The number of carbonyl (C=O) groups is 3. The van der Waals surface area contributed by atoms with Crippen molar-refractivity contribution >= 4 is 35.4 Å². The summed E-state index contributed by atoms with van der Waals surface area (Å²) in [5.41, 5.74) is 11.5. The summed E-state index contributed by atoms with van der Waals surface area (Å²) in [5, 5.41) is 0. The third-order valence-electron chi connectivity index (χ3n) is 6.72. The van der Waals surface area contributed by atoms with Crippen molar-refractivity contribution in [3.05, 3.63) is 95.8 Å². The van der Waals surface area contributed by atoms with Gasteiger partial charge < -0.3 is 10.6 Å². The number of allylic oxidation sites excluding steroid dienone is 4. The Bertz CT molecular complexity index is 1410. The number of primary amides is 1. The molecule has 1 saturated heterocycles. The van der Waals surface area contributed by atoms with Crippen LogP contribution in [-0.2, 0) is 11.2 Å². The molecule has 8 heteroatoms. The summed E-state index contributed by atoms with van der Waals surface area (Å²) < 4.78 is 0. The molecule has 194 valence electrons. The first kappa shape index (κ1) is 26.3. The van der Waals surface area contributed by atoms with Gasteiger partial charge in [-0.25, -0.2) is 9.78 Å². The molecule has 0 saturated carbocycles. The highest BCUT2D eigenvalue weighted by Crippen LogP contribution is 2.34. The molecule has 0 radical (unpaired) electrons. The third-order valence-corrected chi connectivity index (χ3v) is 6.72. The van der Waals surface area contributed by atoms with Gasteiger partial charge in [-0.15, -0.1) is 0 Å². The topological polar surface area (TPSA) is 99.8 Å². The number of aldehydes is 1. The van der Waals surface area contributed by atoms with Crippen molar-refractivity contribution in [2.75, 3.05) is 34.8 Å². The molecule has 0 aliphatic carbocycles. The van der Waals surface area contributed by atoms with Gasteiger partial charge in [-0.2, -0.15) is 0 Å². The van der Waals surface area contributed by atoms with Crippen LogP contribution < -0.4 is 20.4 Å². The second-order valence-electron chi connectivity index (χ2n) is 8.95. The van der Waals surface area contributed by atoms with Crippen LogP contribution in [0.3, 0.4) is 0 Å². The molecule has 0 bridgehead atoms. The summed E-state index contributed by atoms with van der Waals surface area (Å²) in [4.78, 5) is 45.6. The molecule has 0 spiro atoms. The molecule has 2 heterocycles. The zero-order chi connectivity index (χ0) is 27.2. The largest absolute Gasteiger partial charge is 0.366 e. The van der Waals surface area contributed by atoms with Crippen LogP contribution in [0.2, 0.25) is 0 Å². The molecule has 4 rings (SSSR count). The highest BCUT2D eigenvalue weighted by atomic mass is 16.2. The van der Waals surface area contributed by atoms with Crippen LogP contribution in [0.1, 0.15) is 29.8 Å². The minimum Gasteiger partial charge on any atom is -0.366 e. The molecular formula is C30H31N5O3. The molecular weight excluding hydrogens is 478 g/mol. The Morgan fingerprint density at radius 1 is 1.08 bits per heavy atom. The number of carbonyl (C=O) groups excluding carboxylic acids is 3. The predicted molar refractivity (Wildman–Crippen MR) is 151 cm³/mol. The van der Waals surface area contributed by atoms with E-state index >= 15 is 0 Å². The highest BCUT2D eigenvalue weighted by molar-refractivity contribution is 6.07. The van der Waals surface area contributed by atoms with Gasteiger partial charge in [0.25, 0.3) is 0 Å². The minimum atomic E-state index is -0.531. The number of hydrogen-bond donors (Lipinski definition) is 1. The molecule has 38 heavy (non-hydrogen) atoms. The van der Waals surface area contributed by atoms with Gasteiger partial charge in [-0.3, -0.25) is 19.4 Å². The second-order valence-corrected chi connectivity index (χ2v) is 8.95. The first-order valence-electron chi connectivity index (χ1n) is 12.4. The Morgan fingerprint density at radius 2 is 1.82 bits per heavy atom. The zero-order valence-electron chi connectivity index (χ0n) is 21.8. The molecule has 1 aromatic heterocycles. The van der Waals surface area contributed by atoms with E-state index in [1.54, 1.807) is 46.3 Å². The molecule has 2 N–H and O–H groups in total. The highest BCUT2D eigenvalue weighted by Gasteiger charge is 2.33. The summed E-state index contributed by atoms with van der Waals surface area (Å²) in [5.74, 6) is 0.113. The molecule has 1 fully saturated rings. The normalized spacial score (nSPS) is 13.9. The summed E-state index contributed by atoms with van der Waals surface area (Å²) in [7, 11) is 1.97. The Hall–Kier alpha value is -4.72. The van der Waals surface area contributed by atoms with Crippen molar-refractivity contribution in [3.63, 3.8) is 0 Å². The molecule has 8 nitrogen and oxygen atoms in total. The molecule has 0 unspecified atom stereocenters. The van der Waals surface area contributed by atoms with Gasteiger partial charge >= 0.3 is 6.03 Å². The lowest BCUT2D eigenvalue weighted by Crippen LogP contribution is -2.33. The van der Waals surface area contributed by atoms with Crippen LogP contribution in [0.15, 0.2) is 84.7 Å². The number of nitrogens with two attached hydrogens (primary N) is 1. The van der Waals surface area contributed by atoms with Crippen LogP contribution in [0.25, 0.3) is 11.1 Å². The average Bonchev–Trinajstić information content (AvgIpc) is 3.33. The number of rotatable bonds is 9. The van der Waals surface area contributed by atoms with Crippen LogP contribution >= 0.6 is 0 Å². The molecule has 3 aromatic rings. The van der Waals surface area contributed by atoms with Crippen LogP contribution in [-0.4, -0.2) is 43.3 Å². The lowest BCUT2D eigenvalue weighted by Gasteiger charge is -2.22. The van der Waals surface area contributed by atoms with E-state index in [1.807, 2.05) is 43.1 Å². The maximum atomic E-state index is 13.4. The Balaban J connectivity index is 1.61. The van der Waals surface area contributed by atoms with E-state index in [4.69, 9.17) is 5.73 Å². The fraction of sp³-hybridized carbons (Fsp3) is 0.200. The van der Waals surface area contributed by atoms with Gasteiger partial charge in [0.15, 0.2) is 0 Å². The smallest absolute Gasteiger partial charge is 0.330 e. The van der Waals surface area contributed by atoms with E-state index in [9.17, 15) is 14.4 Å². The fourth-order valence-electron chi connectivity index (χ4n) is 4.55. The Kier molecular flexibility index (Phi) is 8.01. The van der Waals surface area contributed by atoms with E-state index in [0.29, 0.717) is 36.6 Å². The van der Waals surface area contributed by atoms with Gasteiger partial charge in [0, 0.05) is 54.5 Å². The lowest BCUT2D eigenvalue weighted by atomic mass is 9.98. The number of amides is 3. The minimum absolute atomic E-state index is 0.186. The number of pyridine rings is 1. The summed E-state index contributed by atoms with van der Waals surface area (Å²) in [6, 6.07) is 16.8. The molecule has 2 aromatic carbocycles. The van der Waals surface area contributed by atoms with Crippen molar-refractivity contribution < 1.29 is 14.4 Å². The molecule has 3 amide bonds. The maximum Gasteiger partial charge on any atom is 0.330 e. The van der Waals surface area contributed by atoms with Crippen molar-refractivity contribution in [3.8, 4) is 11.1 Å². The third kappa shape index (κ3) is 5.34. The van der Waals surface area contributed by atoms with E-state index in [2.05, 4.69) is 24.0 Å². The lowest BCUT2D eigenvalue weighted by molar-refractivity contribution is -0.104.